The lowest BCUT2D eigenvalue weighted by atomic mass is 10.9. The highest BCUT2D eigenvalue weighted by atomic mass is 28.4. The van der Waals surface area contributed by atoms with E-state index in [9.17, 15) is 0 Å². The third kappa shape index (κ3) is 61300. The van der Waals surface area contributed by atoms with E-state index in [4.69, 9.17) is 39.6 Å². The van der Waals surface area contributed by atoms with Crippen LogP contribution in [0.25, 0.3) is 0 Å². The summed E-state index contributed by atoms with van der Waals surface area (Å²) in [6.45, 7) is 6.28. The zero-order chi connectivity index (χ0) is 15.3. The predicted molar refractivity (Wildman–Crippen MR) is 95.8 cm³/mol. The van der Waals surface area contributed by atoms with Crippen LogP contribution in [-0.2, 0) is 0 Å². The van der Waals surface area contributed by atoms with Gasteiger partial charge in [0, 0.05) is 0 Å². The van der Waals surface area contributed by atoms with Crippen LogP contribution in [0.15, 0.2) is 0 Å². The van der Waals surface area contributed by atoms with Crippen molar-refractivity contribution in [1.29, 1.82) is 0 Å². The van der Waals surface area contributed by atoms with Gasteiger partial charge in [-0.1, -0.05) is 27.7 Å². The lowest BCUT2D eigenvalue weighted by Gasteiger charge is -2.67. The highest BCUT2D eigenvalue weighted by Gasteiger charge is 1.36. The highest BCUT2D eigenvalue weighted by molar-refractivity contribution is 6.38. The minimum absolute atomic E-state index is 0. The quantitative estimate of drug-likeness (QED) is 0.177. The molecule has 0 aliphatic rings. The Balaban J connectivity index is -0.00000000615. The van der Waals surface area contributed by atoms with Gasteiger partial charge in [-0.2, -0.15) is 0 Å². The average Bonchev–Trinajstić information content (AvgIpc) is 2.04. The van der Waals surface area contributed by atoms with E-state index in [0.29, 0.717) is 0 Å². The second-order valence-corrected chi connectivity index (χ2v) is 2.65. The molecule has 25 heavy (non-hydrogen) atoms. The molecular weight excluding hydrogens is 364 g/mol. The molecule has 0 aromatic carbocycles. The molecule has 0 saturated carbocycles. The van der Waals surface area contributed by atoms with Gasteiger partial charge in [0.1, 0.15) is 0 Å². The Morgan fingerprint density at radius 3 is 0.400 bits per heavy atom. The largest absolute Gasteiger partial charge is 0.894 e. The van der Waals surface area contributed by atoms with E-state index in [1.165, 1.54) is 0 Å². The van der Waals surface area contributed by atoms with Gasteiger partial charge in [-0.15, -0.1) is 26.4 Å². The second-order valence-electron chi connectivity index (χ2n) is 1.65. The van der Waals surface area contributed by atoms with Crippen LogP contribution in [0.5, 0.6) is 0 Å². The third-order valence-corrected chi connectivity index (χ3v) is 0. The van der Waals surface area contributed by atoms with Gasteiger partial charge < -0.3 is 97.9 Å². The summed E-state index contributed by atoms with van der Waals surface area (Å²) in [5.41, 5.74) is 0. The molecule has 17 heteroatoms. The van der Waals surface area contributed by atoms with Crippen LogP contribution in [0.2, 0.25) is 0 Å². The van der Waals surface area contributed by atoms with Crippen LogP contribution >= 0.6 is 0 Å². The first kappa shape index (κ1) is 102. The van der Waals surface area contributed by atoms with E-state index in [1.807, 2.05) is 0 Å². The molecule has 0 aromatic rings. The van der Waals surface area contributed by atoms with Crippen molar-refractivity contribution < 1.29 is 39.6 Å². The van der Waals surface area contributed by atoms with Crippen LogP contribution in [0.3, 0.4) is 0 Å². The fourth-order valence-corrected chi connectivity index (χ4v) is 0. The number of quaternary nitrogens is 8. The van der Waals surface area contributed by atoms with Crippen molar-refractivity contribution in [3.05, 3.63) is 0 Å². The lowest BCUT2D eigenvalue weighted by molar-refractivity contribution is -0.624. The standard InChI is InChI=1S/4C2H5O.8H3N.O4Si/c4*1-2-3;;;;;;;;;1-5(2,3)4/h4*2H2,1H3;8*1H3;/q4*-1;;;;;;;;;-4/p+8. The molecule has 32 N–H and O–H groups in total. The van der Waals surface area contributed by atoms with Crippen LogP contribution in [0.1, 0.15) is 27.7 Å². The van der Waals surface area contributed by atoms with E-state index in [0.717, 1.165) is 0 Å². The van der Waals surface area contributed by atoms with Gasteiger partial charge in [0.2, 0.25) is 0 Å². The maximum Gasteiger partial charge on any atom is -0.0809 e. The lowest BCUT2D eigenvalue weighted by Crippen LogP contribution is -2.82. The topological polar surface area (TPSA) is 476 Å². The summed E-state index contributed by atoms with van der Waals surface area (Å²) in [7, 11) is -5.61. The fraction of sp³-hybridized carbons (Fsp3) is 1.00. The van der Waals surface area contributed by atoms with Gasteiger partial charge in [0.25, 0.3) is 0 Å². The van der Waals surface area contributed by atoms with E-state index >= 15 is 0 Å². The Hall–Kier alpha value is -0.423. The van der Waals surface area contributed by atoms with Crippen LogP contribution < -0.4 is 88.8 Å². The van der Waals surface area contributed by atoms with Crippen molar-refractivity contribution in [3.8, 4) is 0 Å². The molecule has 0 aromatic heterocycles. The van der Waals surface area contributed by atoms with Crippen LogP contribution in [-0.4, -0.2) is 35.5 Å². The molecule has 0 fully saturated rings. The van der Waals surface area contributed by atoms with Crippen molar-refractivity contribution in [3.63, 3.8) is 0 Å². The van der Waals surface area contributed by atoms with Gasteiger partial charge in [-0.3, -0.25) is 0 Å². The molecule has 0 heterocycles. The molecule has 0 unspecified atom stereocenters. The molecule has 16 nitrogen and oxygen atoms in total. The molecular formula is C8H52N8O8Si. The van der Waals surface area contributed by atoms with E-state index in [1.54, 1.807) is 27.7 Å². The van der Waals surface area contributed by atoms with Gasteiger partial charge in [0.15, 0.2) is 0 Å². The SMILES string of the molecule is CC[O-].CC[O-].CC[O-].CC[O-].[NH4+].[NH4+].[NH4+].[NH4+].[NH4+].[NH4+].[NH4+].[NH4+].[O-][Si]([O-])([O-])[O-]. The molecule has 0 amide bonds. The van der Waals surface area contributed by atoms with E-state index in [-0.39, 0.29) is 75.6 Å². The first-order valence-corrected chi connectivity index (χ1v) is 6.43. The molecule has 0 rings (SSSR count). The zero-order valence-corrected chi connectivity index (χ0v) is 19.6. The fourth-order valence-electron chi connectivity index (χ4n) is 0. The van der Waals surface area contributed by atoms with Crippen LogP contribution in [0, 0.1) is 0 Å². The van der Waals surface area contributed by atoms with Gasteiger partial charge in [-0.05, 0) is 0 Å². The maximum atomic E-state index is 8.93. The first-order chi connectivity index (χ1) is 7.66. The summed E-state index contributed by atoms with van der Waals surface area (Å²) in [5.74, 6) is 0. The molecule has 0 aliphatic heterocycles. The molecule has 0 saturated heterocycles. The molecule has 0 atom stereocenters. The first-order valence-electron chi connectivity index (χ1n) is 4.80. The van der Waals surface area contributed by atoms with Crippen molar-refractivity contribution in [2.75, 3.05) is 26.4 Å². The van der Waals surface area contributed by atoms with E-state index in [2.05, 4.69) is 0 Å². The van der Waals surface area contributed by atoms with Crippen LogP contribution in [0.4, 0.5) is 0 Å². The predicted octanol–water partition coefficient (Wildman–Crippen LogP) is -4.66. The summed E-state index contributed by atoms with van der Waals surface area (Å²) in [6.07, 6.45) is 0. The summed E-state index contributed by atoms with van der Waals surface area (Å²) in [4.78, 5) is 34.3. The molecule has 176 valence electrons. The van der Waals surface area contributed by atoms with Gasteiger partial charge in [-0.25, -0.2) is 0 Å². The summed E-state index contributed by atoms with van der Waals surface area (Å²) >= 11 is 0. The van der Waals surface area contributed by atoms with Crippen molar-refractivity contribution in [2.24, 2.45) is 0 Å². The Bertz CT molecular complexity index is 87.0. The zero-order valence-electron chi connectivity index (χ0n) is 18.6. The van der Waals surface area contributed by atoms with Crippen molar-refractivity contribution in [1.82, 2.24) is 49.2 Å². The Morgan fingerprint density at radius 1 is 0.400 bits per heavy atom. The Morgan fingerprint density at radius 2 is 0.400 bits per heavy atom. The number of hydrogen-bond acceptors (Lipinski definition) is 8. The molecule has 0 radical (unpaired) electrons. The third-order valence-electron chi connectivity index (χ3n) is 0. The van der Waals surface area contributed by atoms with Crippen molar-refractivity contribution in [2.45, 2.75) is 27.7 Å². The van der Waals surface area contributed by atoms with Gasteiger partial charge >= 0.3 is 0 Å². The molecule has 0 aliphatic carbocycles. The minimum atomic E-state index is -5.61. The summed E-state index contributed by atoms with van der Waals surface area (Å²) in [5, 5.41) is 35.7. The summed E-state index contributed by atoms with van der Waals surface area (Å²) in [6, 6.07) is 0. The molecule has 0 bridgehead atoms. The monoisotopic (exact) mass is 416 g/mol. The Labute approximate surface area is 153 Å². The average molecular weight is 417 g/mol. The smallest absolute Gasteiger partial charge is 0.0809 e. The normalized spacial score (nSPS) is 5.28. The number of rotatable bonds is 0. The minimum Gasteiger partial charge on any atom is -0.894 e. The molecule has 0 spiro atoms. The highest BCUT2D eigenvalue weighted by Crippen LogP contribution is 1.26. The summed E-state index contributed by atoms with van der Waals surface area (Å²) < 4.78 is 0. The van der Waals surface area contributed by atoms with E-state index < -0.39 is 9.05 Å². The number of hydrogen-bond donors (Lipinski definition) is 8. The second kappa shape index (κ2) is 131. The maximum absolute atomic E-state index is 8.93. The van der Waals surface area contributed by atoms with Crippen molar-refractivity contribution >= 4 is 9.05 Å². The Kier molecular flexibility index (Phi) is 534. The van der Waals surface area contributed by atoms with Gasteiger partial charge in [0.05, 0.1) is 0 Å².